The summed E-state index contributed by atoms with van der Waals surface area (Å²) in [5.41, 5.74) is 3.14. The average molecular weight is 399 g/mol. The van der Waals surface area contributed by atoms with E-state index in [0.29, 0.717) is 0 Å². The summed E-state index contributed by atoms with van der Waals surface area (Å²) in [4.78, 5) is 2.15. The molecule has 0 heterocycles. The van der Waals surface area contributed by atoms with E-state index in [9.17, 15) is 0 Å². The van der Waals surface area contributed by atoms with Crippen molar-refractivity contribution in [1.82, 2.24) is 10.2 Å². The Morgan fingerprint density at radius 1 is 0.962 bits per heavy atom. The van der Waals surface area contributed by atoms with Crippen molar-refractivity contribution < 1.29 is 5.11 Å². The van der Waals surface area contributed by atoms with Crippen molar-refractivity contribution in [2.45, 2.75) is 33.9 Å². The number of benzene rings is 2. The van der Waals surface area contributed by atoms with E-state index in [2.05, 4.69) is 30.4 Å². The van der Waals surface area contributed by atoms with Crippen LogP contribution < -0.4 is 5.32 Å². The topological polar surface area (TPSA) is 35.5 Å². The van der Waals surface area contributed by atoms with Crippen LogP contribution in [0.1, 0.15) is 30.5 Å². The summed E-state index contributed by atoms with van der Waals surface area (Å²) in [6.45, 7) is 8.90. The molecule has 0 unspecified atom stereocenters. The van der Waals surface area contributed by atoms with Gasteiger partial charge in [-0.15, -0.1) is 0 Å². The van der Waals surface area contributed by atoms with Crippen LogP contribution in [0, 0.1) is 6.92 Å². The largest absolute Gasteiger partial charge is 0.392 e. The van der Waals surface area contributed by atoms with Crippen molar-refractivity contribution >= 4 is 23.2 Å². The molecule has 26 heavy (non-hydrogen) atoms. The Labute approximate surface area is 168 Å². The van der Waals surface area contributed by atoms with E-state index in [1.165, 1.54) is 5.56 Å². The maximum atomic E-state index is 8.98. The molecule has 2 rings (SSSR count). The molecule has 5 heteroatoms. The van der Waals surface area contributed by atoms with Crippen molar-refractivity contribution in [3.05, 3.63) is 69.2 Å². The first kappa shape index (κ1) is 24.9. The second-order valence-corrected chi connectivity index (χ2v) is 6.62. The lowest BCUT2D eigenvalue weighted by molar-refractivity contribution is 0.281. The number of rotatable bonds is 6. The van der Waals surface area contributed by atoms with Crippen LogP contribution in [0.25, 0.3) is 0 Å². The Balaban J connectivity index is 0.000000484. The number of aliphatic hydroxyl groups excluding tert-OH is 1. The maximum Gasteiger partial charge on any atom is 0.0681 e. The molecule has 2 aromatic carbocycles. The lowest BCUT2D eigenvalue weighted by Gasteiger charge is -2.10. The Kier molecular flexibility index (Phi) is 14.4. The van der Waals surface area contributed by atoms with Gasteiger partial charge in [-0.3, -0.25) is 0 Å². The van der Waals surface area contributed by atoms with Gasteiger partial charge < -0.3 is 15.3 Å². The number of hydrogen-bond donors (Lipinski definition) is 2. The fraction of sp³-hybridized carbons (Fsp3) is 0.429. The molecule has 0 spiro atoms. The SMILES string of the molecule is CC.CN(C)CCNCc1cccc(CO)c1.Cc1c(Cl)cccc1Cl. The van der Waals surface area contributed by atoms with Crippen molar-refractivity contribution in [3.8, 4) is 0 Å². The van der Waals surface area contributed by atoms with Gasteiger partial charge in [-0.2, -0.15) is 0 Å². The molecule has 0 aromatic heterocycles. The molecule has 0 saturated carbocycles. The molecule has 0 aliphatic carbocycles. The van der Waals surface area contributed by atoms with Gasteiger partial charge in [-0.25, -0.2) is 0 Å². The van der Waals surface area contributed by atoms with Gasteiger partial charge in [0.05, 0.1) is 6.61 Å². The summed E-state index contributed by atoms with van der Waals surface area (Å²) in [6, 6.07) is 13.5. The third-order valence-corrected chi connectivity index (χ3v) is 4.26. The van der Waals surface area contributed by atoms with E-state index in [4.69, 9.17) is 28.3 Å². The summed E-state index contributed by atoms with van der Waals surface area (Å²) in [5.74, 6) is 0. The van der Waals surface area contributed by atoms with Crippen LogP contribution >= 0.6 is 23.2 Å². The number of aliphatic hydroxyl groups is 1. The van der Waals surface area contributed by atoms with Gasteiger partial charge in [-0.1, -0.05) is 67.4 Å². The van der Waals surface area contributed by atoms with Crippen LogP contribution in [0.5, 0.6) is 0 Å². The monoisotopic (exact) mass is 398 g/mol. The minimum absolute atomic E-state index is 0.117. The molecule has 146 valence electrons. The lowest BCUT2D eigenvalue weighted by Crippen LogP contribution is -2.26. The van der Waals surface area contributed by atoms with Gasteiger partial charge in [0.25, 0.3) is 0 Å². The van der Waals surface area contributed by atoms with E-state index >= 15 is 0 Å². The summed E-state index contributed by atoms with van der Waals surface area (Å²) >= 11 is 11.5. The first-order valence-corrected chi connectivity index (χ1v) is 9.64. The van der Waals surface area contributed by atoms with E-state index < -0.39 is 0 Å². The van der Waals surface area contributed by atoms with E-state index in [0.717, 1.165) is 40.8 Å². The summed E-state index contributed by atoms with van der Waals surface area (Å²) < 4.78 is 0. The van der Waals surface area contributed by atoms with Crippen molar-refractivity contribution in [2.75, 3.05) is 27.2 Å². The number of likely N-dealkylation sites (N-methyl/N-ethyl adjacent to an activating group) is 1. The molecule has 0 saturated heterocycles. The Morgan fingerprint density at radius 3 is 2.00 bits per heavy atom. The van der Waals surface area contributed by atoms with Gasteiger partial charge in [0.1, 0.15) is 0 Å². The summed E-state index contributed by atoms with van der Waals surface area (Å²) in [7, 11) is 4.13. The zero-order valence-corrected chi connectivity index (χ0v) is 18.0. The molecule has 2 N–H and O–H groups in total. The Hall–Kier alpha value is -1.10. The number of nitrogens with zero attached hydrogens (tertiary/aromatic N) is 1. The van der Waals surface area contributed by atoms with Crippen LogP contribution in [0.2, 0.25) is 10.0 Å². The van der Waals surface area contributed by atoms with Crippen LogP contribution in [-0.4, -0.2) is 37.2 Å². The molecule has 0 atom stereocenters. The Morgan fingerprint density at radius 2 is 1.50 bits per heavy atom. The third-order valence-electron chi connectivity index (χ3n) is 3.44. The number of halogens is 2. The van der Waals surface area contributed by atoms with Gasteiger partial charge >= 0.3 is 0 Å². The maximum absolute atomic E-state index is 8.98. The highest BCUT2D eigenvalue weighted by atomic mass is 35.5. The highest BCUT2D eigenvalue weighted by molar-refractivity contribution is 6.35. The van der Waals surface area contributed by atoms with E-state index in [1.54, 1.807) is 0 Å². The number of hydrogen-bond acceptors (Lipinski definition) is 3. The molecular weight excluding hydrogens is 367 g/mol. The normalized spacial score (nSPS) is 9.88. The van der Waals surface area contributed by atoms with E-state index in [-0.39, 0.29) is 6.61 Å². The minimum atomic E-state index is 0.117. The Bertz CT molecular complexity index is 598. The lowest BCUT2D eigenvalue weighted by atomic mass is 10.1. The summed E-state index contributed by atoms with van der Waals surface area (Å²) in [5, 5.41) is 13.8. The highest BCUT2D eigenvalue weighted by Gasteiger charge is 1.96. The molecule has 0 bridgehead atoms. The second-order valence-electron chi connectivity index (χ2n) is 5.80. The van der Waals surface area contributed by atoms with E-state index in [1.807, 2.05) is 57.2 Å². The van der Waals surface area contributed by atoms with Crippen LogP contribution in [-0.2, 0) is 13.2 Å². The molecule has 0 aliphatic rings. The summed E-state index contributed by atoms with van der Waals surface area (Å²) in [6.07, 6.45) is 0. The van der Waals surface area contributed by atoms with Crippen molar-refractivity contribution in [2.24, 2.45) is 0 Å². The predicted molar refractivity (Wildman–Crippen MR) is 115 cm³/mol. The molecule has 0 amide bonds. The molecule has 0 fully saturated rings. The van der Waals surface area contributed by atoms with Crippen LogP contribution in [0.3, 0.4) is 0 Å². The van der Waals surface area contributed by atoms with Crippen molar-refractivity contribution in [3.63, 3.8) is 0 Å². The fourth-order valence-corrected chi connectivity index (χ4v) is 2.35. The van der Waals surface area contributed by atoms with Crippen LogP contribution in [0.4, 0.5) is 0 Å². The molecular formula is C21H32Cl2N2O. The van der Waals surface area contributed by atoms with Gasteiger partial charge in [0.15, 0.2) is 0 Å². The quantitative estimate of drug-likeness (QED) is 0.659. The number of nitrogens with one attached hydrogen (secondary N) is 1. The van der Waals surface area contributed by atoms with Crippen LogP contribution in [0.15, 0.2) is 42.5 Å². The smallest absolute Gasteiger partial charge is 0.0681 e. The van der Waals surface area contributed by atoms with Gasteiger partial charge in [-0.05, 0) is 49.8 Å². The zero-order valence-electron chi connectivity index (χ0n) is 16.5. The fourth-order valence-electron chi connectivity index (χ4n) is 1.95. The van der Waals surface area contributed by atoms with Crippen molar-refractivity contribution in [1.29, 1.82) is 0 Å². The molecule has 2 aromatic rings. The average Bonchev–Trinajstić information content (AvgIpc) is 2.65. The third kappa shape index (κ3) is 10.8. The second kappa shape index (κ2) is 15.0. The first-order chi connectivity index (χ1) is 12.4. The molecule has 3 nitrogen and oxygen atoms in total. The van der Waals surface area contributed by atoms with Gasteiger partial charge in [0.2, 0.25) is 0 Å². The van der Waals surface area contributed by atoms with Gasteiger partial charge in [0, 0.05) is 29.7 Å². The standard InChI is InChI=1S/C12H20N2O.C7H6Cl2.C2H6/c1-14(2)7-6-13-9-11-4-3-5-12(8-11)10-15;1-5-6(8)3-2-4-7(5)9;1-2/h3-5,8,13,15H,6-7,9-10H2,1-2H3;2-4H,1H3;1-2H3. The zero-order chi connectivity index (χ0) is 19.9. The first-order valence-electron chi connectivity index (χ1n) is 8.88. The highest BCUT2D eigenvalue weighted by Crippen LogP contribution is 2.22. The minimum Gasteiger partial charge on any atom is -0.392 e. The molecule has 0 radical (unpaired) electrons. The predicted octanol–water partition coefficient (Wildman–Crippen LogP) is 5.16. The molecule has 0 aliphatic heterocycles.